The van der Waals surface area contributed by atoms with Gasteiger partial charge in [0.05, 0.1) is 0 Å². The average molecular weight is 236 g/mol. The van der Waals surface area contributed by atoms with Gasteiger partial charge in [-0.25, -0.2) is 4.98 Å². The minimum atomic E-state index is -0.493. The lowest BCUT2D eigenvalue weighted by Gasteiger charge is -2.07. The summed E-state index contributed by atoms with van der Waals surface area (Å²) < 4.78 is 0. The molecule has 0 atom stereocenters. The van der Waals surface area contributed by atoms with Crippen molar-refractivity contribution in [2.45, 2.75) is 6.92 Å². The van der Waals surface area contributed by atoms with Crippen LogP contribution in [0, 0.1) is 6.92 Å². The number of benzene rings is 2. The highest BCUT2D eigenvalue weighted by Crippen LogP contribution is 2.27. The highest BCUT2D eigenvalue weighted by atomic mass is 16.1. The van der Waals surface area contributed by atoms with E-state index >= 15 is 0 Å². The fraction of sp³-hybridized carbons (Fsp3) is 0.0667. The summed E-state index contributed by atoms with van der Waals surface area (Å²) in [5.41, 5.74) is 6.46. The molecule has 3 heteroatoms. The molecule has 0 saturated carbocycles. The van der Waals surface area contributed by atoms with Gasteiger partial charge in [0, 0.05) is 11.1 Å². The molecule has 0 spiro atoms. The molecule has 2 aromatic carbocycles. The van der Waals surface area contributed by atoms with Gasteiger partial charge in [0.2, 0.25) is 0 Å². The zero-order valence-corrected chi connectivity index (χ0v) is 9.97. The summed E-state index contributed by atoms with van der Waals surface area (Å²) in [5, 5.41) is 4.34. The van der Waals surface area contributed by atoms with Crippen LogP contribution >= 0.6 is 0 Å². The van der Waals surface area contributed by atoms with Crippen LogP contribution in [0.1, 0.15) is 16.2 Å². The Morgan fingerprint density at radius 1 is 1.06 bits per heavy atom. The molecule has 0 aliphatic rings. The van der Waals surface area contributed by atoms with Crippen LogP contribution in [0.25, 0.3) is 21.5 Å². The molecule has 1 heterocycles. The quantitative estimate of drug-likeness (QED) is 0.660. The van der Waals surface area contributed by atoms with Gasteiger partial charge in [0.25, 0.3) is 5.91 Å². The van der Waals surface area contributed by atoms with Gasteiger partial charge >= 0.3 is 0 Å². The normalized spacial score (nSPS) is 10.9. The zero-order chi connectivity index (χ0) is 12.7. The third-order valence-corrected chi connectivity index (χ3v) is 3.18. The number of hydrogen-bond acceptors (Lipinski definition) is 2. The van der Waals surface area contributed by atoms with Crippen molar-refractivity contribution in [1.82, 2.24) is 4.98 Å². The number of pyridine rings is 1. The maximum absolute atomic E-state index is 11.3. The van der Waals surface area contributed by atoms with Gasteiger partial charge < -0.3 is 5.73 Å². The van der Waals surface area contributed by atoms with Crippen LogP contribution in [0.15, 0.2) is 42.5 Å². The number of hydrogen-bond donors (Lipinski definition) is 1. The van der Waals surface area contributed by atoms with E-state index < -0.39 is 5.91 Å². The predicted molar refractivity (Wildman–Crippen MR) is 72.5 cm³/mol. The molecule has 0 aliphatic heterocycles. The molecule has 2 N–H and O–H groups in total. The number of carbonyl (C=O) groups is 1. The second kappa shape index (κ2) is 3.81. The van der Waals surface area contributed by atoms with Gasteiger partial charge in [0.1, 0.15) is 5.69 Å². The van der Waals surface area contributed by atoms with Crippen LogP contribution in [0.4, 0.5) is 0 Å². The fourth-order valence-electron chi connectivity index (χ4n) is 2.30. The van der Waals surface area contributed by atoms with Crippen molar-refractivity contribution in [2.24, 2.45) is 5.73 Å². The minimum Gasteiger partial charge on any atom is -0.364 e. The number of aryl methyl sites for hydroxylation is 1. The highest BCUT2D eigenvalue weighted by molar-refractivity contribution is 6.10. The van der Waals surface area contributed by atoms with Crippen LogP contribution in [0.3, 0.4) is 0 Å². The molecular formula is C15H12N2O. The maximum atomic E-state index is 11.3. The van der Waals surface area contributed by atoms with Crippen LogP contribution < -0.4 is 5.73 Å². The van der Waals surface area contributed by atoms with Gasteiger partial charge in [0.15, 0.2) is 0 Å². The Balaban J connectivity index is 2.51. The number of nitrogens with zero attached hydrogens (tertiary/aromatic N) is 1. The molecule has 3 rings (SSSR count). The van der Waals surface area contributed by atoms with Crippen molar-refractivity contribution >= 4 is 27.5 Å². The minimum absolute atomic E-state index is 0.316. The first-order chi connectivity index (χ1) is 8.66. The smallest absolute Gasteiger partial charge is 0.267 e. The Morgan fingerprint density at radius 2 is 1.83 bits per heavy atom. The van der Waals surface area contributed by atoms with Crippen molar-refractivity contribution < 1.29 is 4.79 Å². The molecule has 88 valence electrons. The van der Waals surface area contributed by atoms with Crippen LogP contribution in [0.2, 0.25) is 0 Å². The largest absolute Gasteiger partial charge is 0.364 e. The van der Waals surface area contributed by atoms with Gasteiger partial charge in [-0.2, -0.15) is 0 Å². The summed E-state index contributed by atoms with van der Waals surface area (Å²) in [7, 11) is 0. The van der Waals surface area contributed by atoms with E-state index in [1.807, 2.05) is 31.2 Å². The Hall–Kier alpha value is -2.42. The van der Waals surface area contributed by atoms with Gasteiger partial charge in [-0.1, -0.05) is 36.4 Å². The summed E-state index contributed by atoms with van der Waals surface area (Å²) >= 11 is 0. The standard InChI is InChI=1S/C15H12N2O/c1-9-11-7-6-10-4-2-3-5-12(10)13(11)8-14(17-9)15(16)18/h2-8H,1H3,(H2,16,18). The first-order valence-corrected chi connectivity index (χ1v) is 5.76. The van der Waals surface area contributed by atoms with Gasteiger partial charge in [-0.05, 0) is 29.1 Å². The van der Waals surface area contributed by atoms with E-state index in [1.165, 1.54) is 0 Å². The van der Waals surface area contributed by atoms with E-state index in [2.05, 4.69) is 17.1 Å². The Kier molecular flexibility index (Phi) is 2.27. The lowest BCUT2D eigenvalue weighted by atomic mass is 10.0. The van der Waals surface area contributed by atoms with Crippen molar-refractivity contribution in [2.75, 3.05) is 0 Å². The number of aromatic nitrogens is 1. The molecule has 0 saturated heterocycles. The molecule has 0 bridgehead atoms. The summed E-state index contributed by atoms with van der Waals surface area (Å²) in [6.45, 7) is 1.89. The highest BCUT2D eigenvalue weighted by Gasteiger charge is 2.09. The molecule has 18 heavy (non-hydrogen) atoms. The molecule has 0 radical (unpaired) electrons. The average Bonchev–Trinajstić information content (AvgIpc) is 2.38. The third-order valence-electron chi connectivity index (χ3n) is 3.18. The number of nitrogens with two attached hydrogens (primary N) is 1. The van der Waals surface area contributed by atoms with Crippen molar-refractivity contribution in [3.63, 3.8) is 0 Å². The molecule has 1 amide bonds. The van der Waals surface area contributed by atoms with Gasteiger partial charge in [-0.3, -0.25) is 4.79 Å². The van der Waals surface area contributed by atoms with E-state index in [1.54, 1.807) is 6.07 Å². The molecule has 3 nitrogen and oxygen atoms in total. The Morgan fingerprint density at radius 3 is 2.61 bits per heavy atom. The Bertz CT molecular complexity index is 778. The number of carbonyl (C=O) groups excluding carboxylic acids is 1. The molecule has 0 fully saturated rings. The molecular weight excluding hydrogens is 224 g/mol. The maximum Gasteiger partial charge on any atom is 0.267 e. The number of rotatable bonds is 1. The fourth-order valence-corrected chi connectivity index (χ4v) is 2.30. The lowest BCUT2D eigenvalue weighted by molar-refractivity contribution is 0.0995. The number of amides is 1. The monoisotopic (exact) mass is 236 g/mol. The second-order valence-corrected chi connectivity index (χ2v) is 4.34. The number of fused-ring (bicyclic) bond motifs is 3. The third kappa shape index (κ3) is 1.52. The van der Waals surface area contributed by atoms with Crippen molar-refractivity contribution in [3.8, 4) is 0 Å². The summed E-state index contributed by atoms with van der Waals surface area (Å²) in [5.74, 6) is -0.493. The first kappa shape index (κ1) is 10.7. The van der Waals surface area contributed by atoms with Gasteiger partial charge in [-0.15, -0.1) is 0 Å². The van der Waals surface area contributed by atoms with Crippen LogP contribution in [0.5, 0.6) is 0 Å². The lowest BCUT2D eigenvalue weighted by Crippen LogP contribution is -2.13. The Labute approximate surface area is 104 Å². The summed E-state index contributed by atoms with van der Waals surface area (Å²) in [6.07, 6.45) is 0. The van der Waals surface area contributed by atoms with Crippen molar-refractivity contribution in [3.05, 3.63) is 53.9 Å². The number of primary amides is 1. The molecule has 0 aliphatic carbocycles. The van der Waals surface area contributed by atoms with E-state index in [4.69, 9.17) is 5.73 Å². The molecule has 3 aromatic rings. The zero-order valence-electron chi connectivity index (χ0n) is 9.97. The second-order valence-electron chi connectivity index (χ2n) is 4.34. The van der Waals surface area contributed by atoms with Crippen molar-refractivity contribution in [1.29, 1.82) is 0 Å². The van der Waals surface area contributed by atoms with E-state index in [-0.39, 0.29) is 0 Å². The summed E-state index contributed by atoms with van der Waals surface area (Å²) in [6, 6.07) is 13.9. The first-order valence-electron chi connectivity index (χ1n) is 5.76. The molecule has 0 unspecified atom stereocenters. The van der Waals surface area contributed by atoms with E-state index in [0.717, 1.165) is 27.2 Å². The van der Waals surface area contributed by atoms with Crippen LogP contribution in [-0.2, 0) is 0 Å². The van der Waals surface area contributed by atoms with E-state index in [9.17, 15) is 4.79 Å². The molecule has 1 aromatic heterocycles. The summed E-state index contributed by atoms with van der Waals surface area (Å²) in [4.78, 5) is 15.5. The predicted octanol–water partition coefficient (Wildman–Crippen LogP) is 2.80. The topological polar surface area (TPSA) is 56.0 Å². The SMILES string of the molecule is Cc1nc(C(N)=O)cc2c1ccc1ccccc12. The van der Waals surface area contributed by atoms with E-state index in [0.29, 0.717) is 5.69 Å². The van der Waals surface area contributed by atoms with Crippen LogP contribution in [-0.4, -0.2) is 10.9 Å².